The number of hydrogen-bond acceptors (Lipinski definition) is 5. The molecule has 2 aromatic carbocycles. The number of amides is 1. The van der Waals surface area contributed by atoms with E-state index in [4.69, 9.17) is 9.72 Å². The highest BCUT2D eigenvalue weighted by atomic mass is 16.5. The fourth-order valence-corrected chi connectivity index (χ4v) is 3.61. The van der Waals surface area contributed by atoms with Crippen LogP contribution < -0.4 is 0 Å². The molecule has 0 spiro atoms. The van der Waals surface area contributed by atoms with Crippen LogP contribution in [0.4, 0.5) is 0 Å². The predicted molar refractivity (Wildman–Crippen MR) is 115 cm³/mol. The van der Waals surface area contributed by atoms with Crippen LogP contribution in [0.1, 0.15) is 33.6 Å². The Morgan fingerprint density at radius 1 is 1.10 bits per heavy atom. The third-order valence-electron chi connectivity index (χ3n) is 5.21. The molecule has 0 radical (unpaired) electrons. The third kappa shape index (κ3) is 3.76. The van der Waals surface area contributed by atoms with E-state index >= 15 is 0 Å². The van der Waals surface area contributed by atoms with E-state index in [1.165, 1.54) is 4.90 Å². The van der Waals surface area contributed by atoms with Gasteiger partial charge in [-0.25, -0.2) is 9.78 Å². The Hall–Kier alpha value is -3.67. The average Bonchev–Trinajstić information content (AvgIpc) is 3.13. The lowest BCUT2D eigenvalue weighted by molar-refractivity contribution is -0.131. The van der Waals surface area contributed by atoms with Crippen LogP contribution in [0.3, 0.4) is 0 Å². The number of allylic oxidation sites excluding steroid dienone is 1. The first-order chi connectivity index (χ1) is 14.4. The number of ether oxygens (including phenoxy) is 1. The summed E-state index contributed by atoms with van der Waals surface area (Å²) in [4.78, 5) is 31.1. The van der Waals surface area contributed by atoms with Crippen molar-refractivity contribution in [1.82, 2.24) is 9.88 Å². The van der Waals surface area contributed by atoms with Gasteiger partial charge in [-0.05, 0) is 53.8 Å². The predicted octanol–water partition coefficient (Wildman–Crippen LogP) is 3.67. The minimum Gasteiger partial charge on any atom is -0.508 e. The van der Waals surface area contributed by atoms with Gasteiger partial charge in [-0.2, -0.15) is 0 Å². The first-order valence-electron chi connectivity index (χ1n) is 9.73. The lowest BCUT2D eigenvalue weighted by Crippen LogP contribution is -2.27. The fraction of sp³-hybridized carbons (Fsp3) is 0.208. The molecule has 0 aliphatic heterocycles. The number of carbonyl (C=O) groups excluding carboxylic acids is 2. The van der Waals surface area contributed by atoms with Crippen LogP contribution in [0.5, 0.6) is 5.75 Å². The Labute approximate surface area is 174 Å². The largest absolute Gasteiger partial charge is 0.508 e. The van der Waals surface area contributed by atoms with Crippen LogP contribution in [0.15, 0.2) is 48.5 Å². The maximum absolute atomic E-state index is 13.0. The quantitative estimate of drug-likeness (QED) is 0.674. The number of likely N-dealkylation sites (N-methyl/N-ethyl adjacent to an activating group) is 1. The monoisotopic (exact) mass is 402 g/mol. The van der Waals surface area contributed by atoms with Gasteiger partial charge in [0.15, 0.2) is 6.61 Å². The van der Waals surface area contributed by atoms with Gasteiger partial charge in [0.2, 0.25) is 0 Å². The molecule has 6 nitrogen and oxygen atoms in total. The molecule has 152 valence electrons. The van der Waals surface area contributed by atoms with E-state index in [2.05, 4.69) is 0 Å². The summed E-state index contributed by atoms with van der Waals surface area (Å²) in [6.45, 7) is -0.298. The van der Waals surface area contributed by atoms with Crippen molar-refractivity contribution < 1.29 is 19.4 Å². The van der Waals surface area contributed by atoms with E-state index in [9.17, 15) is 14.7 Å². The molecule has 0 bridgehead atoms. The SMILES string of the molecule is CN(C)C(=O)COC(=O)c1c2c(nc3ccccc13)/C(=C/c1ccc(O)cc1)CC2. The molecule has 0 fully saturated rings. The number of nitrogens with zero attached hydrogens (tertiary/aromatic N) is 2. The van der Waals surface area contributed by atoms with Gasteiger partial charge in [0.1, 0.15) is 5.75 Å². The Balaban J connectivity index is 1.77. The topological polar surface area (TPSA) is 79.7 Å². The zero-order valence-corrected chi connectivity index (χ0v) is 16.9. The number of benzene rings is 2. The van der Waals surface area contributed by atoms with Crippen molar-refractivity contribution in [3.8, 4) is 5.75 Å². The fourth-order valence-electron chi connectivity index (χ4n) is 3.61. The highest BCUT2D eigenvalue weighted by molar-refractivity contribution is 6.07. The van der Waals surface area contributed by atoms with Gasteiger partial charge in [-0.1, -0.05) is 30.3 Å². The molecule has 1 heterocycles. The summed E-state index contributed by atoms with van der Waals surface area (Å²) in [5.41, 5.74) is 4.80. The van der Waals surface area contributed by atoms with Crippen LogP contribution in [0.2, 0.25) is 0 Å². The van der Waals surface area contributed by atoms with Gasteiger partial charge in [-0.3, -0.25) is 4.79 Å². The second-order valence-corrected chi connectivity index (χ2v) is 7.46. The number of fused-ring (bicyclic) bond motifs is 2. The van der Waals surface area contributed by atoms with Gasteiger partial charge in [0, 0.05) is 19.5 Å². The van der Waals surface area contributed by atoms with E-state index in [-0.39, 0.29) is 18.3 Å². The van der Waals surface area contributed by atoms with Crippen molar-refractivity contribution in [3.05, 3.63) is 70.9 Å². The number of hydrogen-bond donors (Lipinski definition) is 1. The molecule has 0 unspecified atom stereocenters. The van der Waals surface area contributed by atoms with E-state index in [0.29, 0.717) is 17.5 Å². The minimum atomic E-state index is -0.508. The molecule has 1 aromatic heterocycles. The molecule has 30 heavy (non-hydrogen) atoms. The number of carbonyl (C=O) groups is 2. The van der Waals surface area contributed by atoms with Crippen molar-refractivity contribution in [2.24, 2.45) is 0 Å². The van der Waals surface area contributed by atoms with Crippen molar-refractivity contribution in [1.29, 1.82) is 0 Å². The molecule has 1 N–H and O–H groups in total. The standard InChI is InChI=1S/C24H22N2O4/c1-26(2)21(28)14-30-24(29)22-18-5-3-4-6-20(18)25-23-16(9-12-19(22)23)13-15-7-10-17(27)11-8-15/h3-8,10-11,13,27H,9,12,14H2,1-2H3/b16-13+. The number of para-hydroxylation sites is 1. The number of phenolic OH excluding ortho intramolecular Hbond substituents is 1. The van der Waals surface area contributed by atoms with Gasteiger partial charge in [-0.15, -0.1) is 0 Å². The normalized spacial score (nSPS) is 14.0. The first-order valence-corrected chi connectivity index (χ1v) is 9.73. The lowest BCUT2D eigenvalue weighted by Gasteiger charge is -2.14. The molecule has 0 saturated carbocycles. The van der Waals surface area contributed by atoms with Crippen LogP contribution in [0.25, 0.3) is 22.6 Å². The molecule has 0 saturated heterocycles. The third-order valence-corrected chi connectivity index (χ3v) is 5.21. The summed E-state index contributed by atoms with van der Waals surface area (Å²) in [6.07, 6.45) is 3.44. The molecule has 3 aromatic rings. The van der Waals surface area contributed by atoms with Crippen molar-refractivity contribution >= 4 is 34.4 Å². The Morgan fingerprint density at radius 3 is 2.57 bits per heavy atom. The molecule has 1 aliphatic rings. The Kier molecular flexibility index (Phi) is 5.23. The lowest BCUT2D eigenvalue weighted by atomic mass is 10.0. The first kappa shape index (κ1) is 19.6. The zero-order chi connectivity index (χ0) is 21.3. The molecule has 4 rings (SSSR count). The number of pyridine rings is 1. The van der Waals surface area contributed by atoms with E-state index in [0.717, 1.165) is 34.2 Å². The highest BCUT2D eigenvalue weighted by Gasteiger charge is 2.28. The van der Waals surface area contributed by atoms with Crippen LogP contribution in [-0.4, -0.2) is 47.6 Å². The average molecular weight is 402 g/mol. The summed E-state index contributed by atoms with van der Waals surface area (Å²) >= 11 is 0. The van der Waals surface area contributed by atoms with Gasteiger partial charge < -0.3 is 14.7 Å². The number of aromatic nitrogens is 1. The molecular formula is C24H22N2O4. The zero-order valence-electron chi connectivity index (χ0n) is 16.9. The summed E-state index contributed by atoms with van der Waals surface area (Å²) in [6, 6.07) is 14.4. The second-order valence-electron chi connectivity index (χ2n) is 7.46. The summed E-state index contributed by atoms with van der Waals surface area (Å²) in [5, 5.41) is 10.2. The van der Waals surface area contributed by atoms with Crippen molar-refractivity contribution in [3.63, 3.8) is 0 Å². The Morgan fingerprint density at radius 2 is 1.83 bits per heavy atom. The smallest absolute Gasteiger partial charge is 0.339 e. The van der Waals surface area contributed by atoms with Crippen LogP contribution in [-0.2, 0) is 16.0 Å². The van der Waals surface area contributed by atoms with Gasteiger partial charge >= 0.3 is 5.97 Å². The summed E-state index contributed by atoms with van der Waals surface area (Å²) < 4.78 is 5.35. The second kappa shape index (κ2) is 7.99. The molecular weight excluding hydrogens is 380 g/mol. The number of esters is 1. The molecule has 1 amide bonds. The maximum atomic E-state index is 13.0. The van der Waals surface area contributed by atoms with Crippen molar-refractivity contribution in [2.75, 3.05) is 20.7 Å². The molecule has 0 atom stereocenters. The van der Waals surface area contributed by atoms with Gasteiger partial charge in [0.05, 0.1) is 16.8 Å². The number of phenols is 1. The van der Waals surface area contributed by atoms with E-state index in [1.54, 1.807) is 26.2 Å². The summed E-state index contributed by atoms with van der Waals surface area (Å²) in [7, 11) is 3.24. The van der Waals surface area contributed by atoms with E-state index in [1.807, 2.05) is 42.5 Å². The minimum absolute atomic E-state index is 0.213. The van der Waals surface area contributed by atoms with Gasteiger partial charge in [0.25, 0.3) is 5.91 Å². The Bertz CT molecular complexity index is 1160. The molecule has 1 aliphatic carbocycles. The van der Waals surface area contributed by atoms with Crippen LogP contribution >= 0.6 is 0 Å². The number of aromatic hydroxyl groups is 1. The number of rotatable bonds is 4. The maximum Gasteiger partial charge on any atom is 0.339 e. The summed E-state index contributed by atoms with van der Waals surface area (Å²) in [5.74, 6) is -0.567. The molecule has 6 heteroatoms. The van der Waals surface area contributed by atoms with Crippen molar-refractivity contribution in [2.45, 2.75) is 12.8 Å². The van der Waals surface area contributed by atoms with Crippen LogP contribution in [0, 0.1) is 0 Å². The van der Waals surface area contributed by atoms with E-state index < -0.39 is 5.97 Å². The highest BCUT2D eigenvalue weighted by Crippen LogP contribution is 2.37.